The summed E-state index contributed by atoms with van der Waals surface area (Å²) < 4.78 is 20.3. The highest BCUT2D eigenvalue weighted by Gasteiger charge is 2.10. The number of methoxy groups -OCH3 is 1. The fraction of sp³-hybridized carbons (Fsp3) is 0.200. The van der Waals surface area contributed by atoms with Crippen molar-refractivity contribution in [3.8, 4) is 5.75 Å². The fourth-order valence-electron chi connectivity index (χ4n) is 2.32. The molecule has 0 amide bonds. The van der Waals surface area contributed by atoms with Crippen molar-refractivity contribution in [2.24, 2.45) is 0 Å². The van der Waals surface area contributed by atoms with Crippen molar-refractivity contribution < 1.29 is 28.3 Å². The van der Waals surface area contributed by atoms with Gasteiger partial charge in [-0.25, -0.2) is 9.59 Å². The molecule has 0 saturated carbocycles. The first-order valence-corrected chi connectivity index (χ1v) is 8.41. The number of hydrogen-bond acceptors (Lipinski definition) is 8. The van der Waals surface area contributed by atoms with E-state index in [1.165, 1.54) is 7.11 Å². The Kier molecular flexibility index (Phi) is 6.01. The van der Waals surface area contributed by atoms with Crippen LogP contribution in [0.15, 0.2) is 53.1 Å². The normalized spacial score (nSPS) is 10.4. The number of aromatic nitrogens is 2. The quantitative estimate of drug-likeness (QED) is 0.575. The van der Waals surface area contributed by atoms with Crippen LogP contribution < -0.4 is 4.74 Å². The van der Waals surface area contributed by atoms with Gasteiger partial charge in [-0.05, 0) is 42.0 Å². The molecule has 0 bridgehead atoms. The summed E-state index contributed by atoms with van der Waals surface area (Å²) in [6, 6.07) is 13.2. The third-order valence-electron chi connectivity index (χ3n) is 3.77. The van der Waals surface area contributed by atoms with Gasteiger partial charge in [-0.3, -0.25) is 0 Å². The van der Waals surface area contributed by atoms with Crippen molar-refractivity contribution >= 4 is 11.9 Å². The van der Waals surface area contributed by atoms with E-state index in [-0.39, 0.29) is 13.2 Å². The van der Waals surface area contributed by atoms with E-state index >= 15 is 0 Å². The van der Waals surface area contributed by atoms with Crippen molar-refractivity contribution in [2.45, 2.75) is 20.1 Å². The highest BCUT2D eigenvalue weighted by atomic mass is 16.5. The Labute approximate surface area is 161 Å². The number of carbonyl (C=O) groups is 2. The van der Waals surface area contributed by atoms with E-state index < -0.39 is 11.9 Å². The molecule has 2 aromatic carbocycles. The number of hydrogen-bond donors (Lipinski definition) is 0. The van der Waals surface area contributed by atoms with Gasteiger partial charge in [-0.15, -0.1) is 0 Å². The van der Waals surface area contributed by atoms with Gasteiger partial charge < -0.3 is 18.7 Å². The summed E-state index contributed by atoms with van der Waals surface area (Å²) in [5, 5.41) is 3.74. The lowest BCUT2D eigenvalue weighted by molar-refractivity contribution is 0.0471. The van der Waals surface area contributed by atoms with Crippen LogP contribution in [-0.2, 0) is 22.7 Å². The average molecular weight is 382 g/mol. The minimum absolute atomic E-state index is 0.0930. The predicted molar refractivity (Wildman–Crippen MR) is 96.7 cm³/mol. The molecule has 3 aromatic rings. The van der Waals surface area contributed by atoms with E-state index in [9.17, 15) is 9.59 Å². The molecular formula is C20H18N2O6. The molecule has 0 aliphatic carbocycles. The first-order valence-electron chi connectivity index (χ1n) is 8.41. The predicted octanol–water partition coefficient (Wildman–Crippen LogP) is 3.10. The molecule has 0 atom stereocenters. The summed E-state index contributed by atoms with van der Waals surface area (Å²) in [4.78, 5) is 27.6. The van der Waals surface area contributed by atoms with E-state index in [2.05, 4.69) is 14.9 Å². The maximum Gasteiger partial charge on any atom is 0.338 e. The third kappa shape index (κ3) is 4.94. The van der Waals surface area contributed by atoms with Gasteiger partial charge in [-0.1, -0.05) is 17.3 Å². The van der Waals surface area contributed by atoms with Crippen molar-refractivity contribution in [3.05, 3.63) is 76.9 Å². The van der Waals surface area contributed by atoms with Gasteiger partial charge in [0, 0.05) is 6.92 Å². The summed E-state index contributed by atoms with van der Waals surface area (Å²) in [5.74, 6) is 0.603. The summed E-state index contributed by atoms with van der Waals surface area (Å²) in [6.07, 6.45) is 0. The standard InChI is InChI=1S/C20H18N2O6/c1-13-21-18(22-28-13)12-26-17-9-7-16(8-10-17)20(24)27-11-14-3-5-15(6-4-14)19(23)25-2/h3-10H,11-12H2,1-2H3. The van der Waals surface area contributed by atoms with Gasteiger partial charge in [0.2, 0.25) is 11.7 Å². The number of esters is 2. The Bertz CT molecular complexity index is 948. The Morgan fingerprint density at radius 2 is 1.57 bits per heavy atom. The number of carbonyl (C=O) groups excluding carboxylic acids is 2. The average Bonchev–Trinajstić information content (AvgIpc) is 3.16. The Hall–Kier alpha value is -3.68. The molecule has 0 N–H and O–H groups in total. The minimum atomic E-state index is -0.461. The van der Waals surface area contributed by atoms with Gasteiger partial charge in [0.25, 0.3) is 0 Å². The maximum absolute atomic E-state index is 12.2. The molecule has 1 aromatic heterocycles. The zero-order chi connectivity index (χ0) is 19.9. The topological polar surface area (TPSA) is 101 Å². The number of benzene rings is 2. The number of aryl methyl sites for hydroxylation is 1. The van der Waals surface area contributed by atoms with Crippen molar-refractivity contribution in [1.29, 1.82) is 0 Å². The van der Waals surface area contributed by atoms with Crippen LogP contribution >= 0.6 is 0 Å². The van der Waals surface area contributed by atoms with E-state index in [1.54, 1.807) is 55.5 Å². The summed E-state index contributed by atoms with van der Waals surface area (Å²) >= 11 is 0. The molecule has 144 valence electrons. The number of nitrogens with zero attached hydrogens (tertiary/aromatic N) is 2. The van der Waals surface area contributed by atoms with Crippen molar-refractivity contribution in [2.75, 3.05) is 7.11 Å². The lowest BCUT2D eigenvalue weighted by Crippen LogP contribution is -2.06. The van der Waals surface area contributed by atoms with Crippen LogP contribution in [0.1, 0.15) is 38.0 Å². The van der Waals surface area contributed by atoms with Crippen LogP contribution in [-0.4, -0.2) is 29.2 Å². The molecular weight excluding hydrogens is 364 g/mol. The molecule has 0 aliphatic heterocycles. The first-order chi connectivity index (χ1) is 13.5. The molecule has 0 aliphatic rings. The van der Waals surface area contributed by atoms with Gasteiger partial charge >= 0.3 is 11.9 Å². The van der Waals surface area contributed by atoms with Crippen molar-refractivity contribution in [1.82, 2.24) is 10.1 Å². The van der Waals surface area contributed by atoms with E-state index in [1.807, 2.05) is 0 Å². The molecule has 28 heavy (non-hydrogen) atoms. The van der Waals surface area contributed by atoms with Crippen LogP contribution in [0.2, 0.25) is 0 Å². The summed E-state index contributed by atoms with van der Waals surface area (Å²) in [5.41, 5.74) is 1.59. The molecule has 8 heteroatoms. The van der Waals surface area contributed by atoms with Gasteiger partial charge in [0.15, 0.2) is 6.61 Å². The van der Waals surface area contributed by atoms with Crippen LogP contribution in [0.5, 0.6) is 5.75 Å². The second-order valence-electron chi connectivity index (χ2n) is 5.81. The molecule has 8 nitrogen and oxygen atoms in total. The van der Waals surface area contributed by atoms with E-state index in [0.29, 0.717) is 28.6 Å². The third-order valence-corrected chi connectivity index (χ3v) is 3.77. The van der Waals surface area contributed by atoms with Gasteiger partial charge in [0.1, 0.15) is 12.4 Å². The zero-order valence-corrected chi connectivity index (χ0v) is 15.4. The van der Waals surface area contributed by atoms with Crippen LogP contribution in [0.3, 0.4) is 0 Å². The minimum Gasteiger partial charge on any atom is -0.485 e. The Morgan fingerprint density at radius 3 is 2.18 bits per heavy atom. The largest absolute Gasteiger partial charge is 0.485 e. The Morgan fingerprint density at radius 1 is 0.929 bits per heavy atom. The molecule has 0 saturated heterocycles. The van der Waals surface area contributed by atoms with Gasteiger partial charge in [0.05, 0.1) is 18.2 Å². The second kappa shape index (κ2) is 8.81. The van der Waals surface area contributed by atoms with Gasteiger partial charge in [-0.2, -0.15) is 4.98 Å². The first kappa shape index (κ1) is 19.1. The van der Waals surface area contributed by atoms with Crippen LogP contribution in [0.4, 0.5) is 0 Å². The monoisotopic (exact) mass is 382 g/mol. The molecule has 0 fully saturated rings. The molecule has 0 unspecified atom stereocenters. The highest BCUT2D eigenvalue weighted by Crippen LogP contribution is 2.15. The van der Waals surface area contributed by atoms with E-state index in [4.69, 9.17) is 14.0 Å². The second-order valence-corrected chi connectivity index (χ2v) is 5.81. The number of rotatable bonds is 7. The summed E-state index contributed by atoms with van der Waals surface area (Å²) in [6.45, 7) is 1.96. The smallest absolute Gasteiger partial charge is 0.338 e. The molecule has 3 rings (SSSR count). The van der Waals surface area contributed by atoms with Crippen LogP contribution in [0.25, 0.3) is 0 Å². The molecule has 1 heterocycles. The van der Waals surface area contributed by atoms with E-state index in [0.717, 1.165) is 5.56 Å². The summed E-state index contributed by atoms with van der Waals surface area (Å²) in [7, 11) is 1.32. The lowest BCUT2D eigenvalue weighted by Gasteiger charge is -2.07. The molecule has 0 spiro atoms. The maximum atomic E-state index is 12.2. The fourth-order valence-corrected chi connectivity index (χ4v) is 2.32. The van der Waals surface area contributed by atoms with Crippen LogP contribution in [0, 0.1) is 6.92 Å². The van der Waals surface area contributed by atoms with Crippen molar-refractivity contribution in [3.63, 3.8) is 0 Å². The SMILES string of the molecule is COC(=O)c1ccc(COC(=O)c2ccc(OCc3noc(C)n3)cc2)cc1. The Balaban J connectivity index is 1.50. The lowest BCUT2D eigenvalue weighted by atomic mass is 10.1. The highest BCUT2D eigenvalue weighted by molar-refractivity contribution is 5.90. The molecule has 0 radical (unpaired) electrons. The number of ether oxygens (including phenoxy) is 3. The zero-order valence-electron chi connectivity index (χ0n) is 15.4.